The Morgan fingerprint density at radius 2 is 2.00 bits per heavy atom. The van der Waals surface area contributed by atoms with Crippen molar-refractivity contribution in [1.29, 1.82) is 0 Å². The lowest BCUT2D eigenvalue weighted by Crippen LogP contribution is -2.39. The van der Waals surface area contributed by atoms with Gasteiger partial charge in [0.1, 0.15) is 5.82 Å². The molecule has 1 aromatic carbocycles. The molecule has 1 aliphatic heterocycles. The quantitative estimate of drug-likeness (QED) is 0.876. The summed E-state index contributed by atoms with van der Waals surface area (Å²) in [5.41, 5.74) is 0.808. The first-order valence-electron chi connectivity index (χ1n) is 6.47. The maximum absolute atomic E-state index is 13.0. The van der Waals surface area contributed by atoms with Crippen molar-refractivity contribution in [2.45, 2.75) is 45.1 Å². The first-order chi connectivity index (χ1) is 8.41. The zero-order valence-electron chi connectivity index (χ0n) is 11.2. The first kappa shape index (κ1) is 13.1. The van der Waals surface area contributed by atoms with Crippen LogP contribution in [0.5, 0.6) is 0 Å². The van der Waals surface area contributed by atoms with Crippen molar-refractivity contribution in [3.8, 4) is 0 Å². The third-order valence-corrected chi connectivity index (χ3v) is 3.84. The van der Waals surface area contributed by atoms with E-state index in [-0.39, 0.29) is 23.2 Å². The number of benzene rings is 1. The van der Waals surface area contributed by atoms with Crippen LogP contribution in [0.2, 0.25) is 0 Å². The van der Waals surface area contributed by atoms with Crippen molar-refractivity contribution in [2.24, 2.45) is 5.92 Å². The van der Waals surface area contributed by atoms with Crippen LogP contribution in [-0.4, -0.2) is 11.9 Å². The lowest BCUT2D eigenvalue weighted by atomic mass is 9.73. The Bertz CT molecular complexity index is 440. The van der Waals surface area contributed by atoms with E-state index in [9.17, 15) is 9.18 Å². The van der Waals surface area contributed by atoms with Gasteiger partial charge in [0.05, 0.1) is 0 Å². The smallest absolute Gasteiger partial charge is 0.221 e. The van der Waals surface area contributed by atoms with Crippen molar-refractivity contribution in [2.75, 3.05) is 0 Å². The van der Waals surface area contributed by atoms with E-state index in [2.05, 4.69) is 26.1 Å². The monoisotopic (exact) mass is 249 g/mol. The summed E-state index contributed by atoms with van der Waals surface area (Å²) in [5.74, 6) is 0.376. The van der Waals surface area contributed by atoms with E-state index in [0.717, 1.165) is 12.0 Å². The summed E-state index contributed by atoms with van der Waals surface area (Å²) in [6.07, 6.45) is 1.43. The van der Waals surface area contributed by atoms with Gasteiger partial charge in [0.25, 0.3) is 0 Å². The molecular weight excluding hydrogens is 229 g/mol. The molecule has 1 aromatic rings. The number of amides is 1. The third kappa shape index (κ3) is 2.40. The molecule has 2 rings (SSSR count). The molecule has 1 N–H and O–H groups in total. The molecule has 18 heavy (non-hydrogen) atoms. The van der Waals surface area contributed by atoms with Crippen LogP contribution >= 0.6 is 0 Å². The van der Waals surface area contributed by atoms with Crippen LogP contribution in [0, 0.1) is 11.7 Å². The van der Waals surface area contributed by atoms with E-state index in [0.29, 0.717) is 12.3 Å². The number of rotatable bonds is 3. The standard InChI is InChI=1S/C15H20FNO/c1-10(2)8-13-15(3,9-14(18)17-13)11-4-6-12(16)7-5-11/h4-7,10,13H,8-9H2,1-3H3,(H,17,18). The fourth-order valence-corrected chi connectivity index (χ4v) is 2.79. The largest absolute Gasteiger partial charge is 0.352 e. The molecule has 1 amide bonds. The summed E-state index contributed by atoms with van der Waals surface area (Å²) in [4.78, 5) is 11.7. The fraction of sp³-hybridized carbons (Fsp3) is 0.533. The Hall–Kier alpha value is -1.38. The molecular formula is C15H20FNO. The summed E-state index contributed by atoms with van der Waals surface area (Å²) in [5, 5.41) is 3.06. The van der Waals surface area contributed by atoms with Crippen molar-refractivity contribution >= 4 is 5.91 Å². The second kappa shape index (κ2) is 4.71. The Kier molecular flexibility index (Phi) is 3.42. The van der Waals surface area contributed by atoms with E-state index in [1.807, 2.05) is 0 Å². The van der Waals surface area contributed by atoms with Crippen molar-refractivity contribution in [3.63, 3.8) is 0 Å². The molecule has 1 heterocycles. The van der Waals surface area contributed by atoms with E-state index in [1.165, 1.54) is 12.1 Å². The summed E-state index contributed by atoms with van der Waals surface area (Å²) in [7, 11) is 0. The van der Waals surface area contributed by atoms with Crippen LogP contribution in [0.15, 0.2) is 24.3 Å². The molecule has 0 spiro atoms. The number of carbonyl (C=O) groups excluding carboxylic acids is 1. The van der Waals surface area contributed by atoms with Crippen molar-refractivity contribution < 1.29 is 9.18 Å². The summed E-state index contributed by atoms with van der Waals surface area (Å²) >= 11 is 0. The maximum atomic E-state index is 13.0. The van der Waals surface area contributed by atoms with E-state index in [1.54, 1.807) is 12.1 Å². The molecule has 1 aliphatic rings. The highest BCUT2D eigenvalue weighted by atomic mass is 19.1. The highest BCUT2D eigenvalue weighted by Gasteiger charge is 2.44. The number of nitrogens with one attached hydrogen (secondary N) is 1. The van der Waals surface area contributed by atoms with Crippen LogP contribution in [0.1, 0.15) is 39.2 Å². The lowest BCUT2D eigenvalue weighted by Gasteiger charge is -2.32. The van der Waals surface area contributed by atoms with Gasteiger partial charge in [-0.3, -0.25) is 4.79 Å². The molecule has 1 saturated heterocycles. The number of hydrogen-bond acceptors (Lipinski definition) is 1. The number of hydrogen-bond donors (Lipinski definition) is 1. The van der Waals surface area contributed by atoms with E-state index >= 15 is 0 Å². The highest BCUT2D eigenvalue weighted by Crippen LogP contribution is 2.38. The summed E-state index contributed by atoms with van der Waals surface area (Å²) < 4.78 is 13.0. The normalized spacial score (nSPS) is 27.6. The first-order valence-corrected chi connectivity index (χ1v) is 6.47. The SMILES string of the molecule is CC(C)CC1NC(=O)CC1(C)c1ccc(F)cc1. The maximum Gasteiger partial charge on any atom is 0.221 e. The van der Waals surface area contributed by atoms with Crippen LogP contribution in [0.4, 0.5) is 4.39 Å². The van der Waals surface area contributed by atoms with Gasteiger partial charge in [0.2, 0.25) is 5.91 Å². The molecule has 0 aliphatic carbocycles. The minimum absolute atomic E-state index is 0.0903. The lowest BCUT2D eigenvalue weighted by molar-refractivity contribution is -0.119. The van der Waals surface area contributed by atoms with Gasteiger partial charge >= 0.3 is 0 Å². The van der Waals surface area contributed by atoms with Crippen molar-refractivity contribution in [3.05, 3.63) is 35.6 Å². The van der Waals surface area contributed by atoms with Gasteiger partial charge in [-0.25, -0.2) is 4.39 Å². The fourth-order valence-electron chi connectivity index (χ4n) is 2.79. The third-order valence-electron chi connectivity index (χ3n) is 3.84. The zero-order valence-corrected chi connectivity index (χ0v) is 11.2. The molecule has 1 fully saturated rings. The Balaban J connectivity index is 2.31. The average molecular weight is 249 g/mol. The molecule has 0 bridgehead atoms. The molecule has 98 valence electrons. The molecule has 2 unspecified atom stereocenters. The molecule has 0 saturated carbocycles. The average Bonchev–Trinajstić information content (AvgIpc) is 2.54. The van der Waals surface area contributed by atoms with Gasteiger partial charge in [-0.1, -0.05) is 32.9 Å². The van der Waals surface area contributed by atoms with Gasteiger partial charge in [-0.15, -0.1) is 0 Å². The predicted octanol–water partition coefficient (Wildman–Crippen LogP) is 3.02. The van der Waals surface area contributed by atoms with Gasteiger partial charge < -0.3 is 5.32 Å². The van der Waals surface area contributed by atoms with Gasteiger partial charge in [0, 0.05) is 17.9 Å². The van der Waals surface area contributed by atoms with Crippen LogP contribution in [0.3, 0.4) is 0 Å². The predicted molar refractivity (Wildman–Crippen MR) is 69.8 cm³/mol. The van der Waals surface area contributed by atoms with Gasteiger partial charge in [0.15, 0.2) is 0 Å². The second-order valence-corrected chi connectivity index (χ2v) is 5.85. The van der Waals surface area contributed by atoms with Crippen LogP contribution in [-0.2, 0) is 10.2 Å². The Morgan fingerprint density at radius 3 is 2.56 bits per heavy atom. The zero-order chi connectivity index (χ0) is 13.3. The van der Waals surface area contributed by atoms with Gasteiger partial charge in [-0.05, 0) is 30.0 Å². The van der Waals surface area contributed by atoms with E-state index in [4.69, 9.17) is 0 Å². The van der Waals surface area contributed by atoms with Crippen LogP contribution in [0.25, 0.3) is 0 Å². The minimum atomic E-state index is -0.236. The molecule has 0 aromatic heterocycles. The molecule has 0 radical (unpaired) electrons. The van der Waals surface area contributed by atoms with E-state index < -0.39 is 0 Å². The Morgan fingerprint density at radius 1 is 1.39 bits per heavy atom. The second-order valence-electron chi connectivity index (χ2n) is 5.85. The highest BCUT2D eigenvalue weighted by molar-refractivity contribution is 5.81. The Labute approximate surface area is 108 Å². The van der Waals surface area contributed by atoms with Crippen LogP contribution < -0.4 is 5.32 Å². The summed E-state index contributed by atoms with van der Waals surface area (Å²) in [6.45, 7) is 6.39. The minimum Gasteiger partial charge on any atom is -0.352 e. The molecule has 3 heteroatoms. The number of halogens is 1. The molecule has 2 atom stereocenters. The summed E-state index contributed by atoms with van der Waals surface area (Å²) in [6, 6.07) is 6.66. The topological polar surface area (TPSA) is 29.1 Å². The molecule has 2 nitrogen and oxygen atoms in total. The number of carbonyl (C=O) groups is 1. The van der Waals surface area contributed by atoms with Gasteiger partial charge in [-0.2, -0.15) is 0 Å². The van der Waals surface area contributed by atoms with Crippen molar-refractivity contribution in [1.82, 2.24) is 5.32 Å².